The van der Waals surface area contributed by atoms with Crippen LogP contribution in [0.5, 0.6) is 0 Å². The molecule has 0 bridgehead atoms. The van der Waals surface area contributed by atoms with Crippen molar-refractivity contribution in [2.45, 2.75) is 57.9 Å². The molecule has 2 atom stereocenters. The minimum absolute atomic E-state index is 0.0281. The maximum Gasteiger partial charge on any atom is 0.235 e. The zero-order chi connectivity index (χ0) is 14.8. The van der Waals surface area contributed by atoms with Gasteiger partial charge in [0.15, 0.2) is 0 Å². The van der Waals surface area contributed by atoms with E-state index in [4.69, 9.17) is 18.0 Å². The van der Waals surface area contributed by atoms with Crippen molar-refractivity contribution in [3.05, 3.63) is 0 Å². The van der Waals surface area contributed by atoms with E-state index in [2.05, 4.69) is 6.92 Å². The molecule has 2 rings (SSSR count). The SMILES string of the molecule is CC1CCN(C(=O)C2(C(N)=S)CCCCCC2)C1CO. The Morgan fingerprint density at radius 3 is 2.45 bits per heavy atom. The van der Waals surface area contributed by atoms with Gasteiger partial charge in [-0.15, -0.1) is 0 Å². The molecule has 1 amide bonds. The average molecular weight is 298 g/mol. The first-order chi connectivity index (χ1) is 9.53. The van der Waals surface area contributed by atoms with E-state index in [1.54, 1.807) is 0 Å². The van der Waals surface area contributed by atoms with Gasteiger partial charge in [-0.1, -0.05) is 44.8 Å². The maximum absolute atomic E-state index is 13.1. The van der Waals surface area contributed by atoms with Crippen molar-refractivity contribution in [3.8, 4) is 0 Å². The Morgan fingerprint density at radius 1 is 1.35 bits per heavy atom. The molecule has 5 heteroatoms. The van der Waals surface area contributed by atoms with Crippen LogP contribution in [0.1, 0.15) is 51.9 Å². The monoisotopic (exact) mass is 298 g/mol. The van der Waals surface area contributed by atoms with Gasteiger partial charge in [-0.2, -0.15) is 0 Å². The number of thiocarbonyl (C=S) groups is 1. The third-order valence-electron chi connectivity index (χ3n) is 5.17. The maximum atomic E-state index is 13.1. The Morgan fingerprint density at radius 2 is 1.95 bits per heavy atom. The standard InChI is InChI=1S/C15H26N2O2S/c1-11-6-9-17(12(11)10-18)14(19)15(13(16)20)7-4-2-3-5-8-15/h11-12,18H,2-10H2,1H3,(H2,16,20). The average Bonchev–Trinajstić information content (AvgIpc) is 2.65. The summed E-state index contributed by atoms with van der Waals surface area (Å²) in [5.74, 6) is 0.411. The first-order valence-electron chi connectivity index (χ1n) is 7.75. The van der Waals surface area contributed by atoms with Crippen molar-refractivity contribution in [1.82, 2.24) is 4.90 Å². The summed E-state index contributed by atoms with van der Waals surface area (Å²) >= 11 is 5.27. The summed E-state index contributed by atoms with van der Waals surface area (Å²) < 4.78 is 0. The van der Waals surface area contributed by atoms with Gasteiger partial charge in [0.2, 0.25) is 5.91 Å². The van der Waals surface area contributed by atoms with Crippen LogP contribution in [0.3, 0.4) is 0 Å². The highest BCUT2D eigenvalue weighted by atomic mass is 32.1. The molecule has 0 radical (unpaired) electrons. The lowest BCUT2D eigenvalue weighted by atomic mass is 9.78. The van der Waals surface area contributed by atoms with Crippen LogP contribution in [0.25, 0.3) is 0 Å². The van der Waals surface area contributed by atoms with E-state index in [9.17, 15) is 9.90 Å². The van der Waals surface area contributed by atoms with Crippen LogP contribution in [-0.2, 0) is 4.79 Å². The molecule has 2 aliphatic rings. The van der Waals surface area contributed by atoms with Crippen LogP contribution in [0.4, 0.5) is 0 Å². The van der Waals surface area contributed by atoms with E-state index in [0.717, 1.165) is 51.5 Å². The molecule has 1 aliphatic carbocycles. The third-order valence-corrected chi connectivity index (χ3v) is 5.56. The quantitative estimate of drug-likeness (QED) is 0.616. The number of hydrogen-bond donors (Lipinski definition) is 2. The van der Waals surface area contributed by atoms with Gasteiger partial charge >= 0.3 is 0 Å². The van der Waals surface area contributed by atoms with Crippen LogP contribution in [0.2, 0.25) is 0 Å². The molecular formula is C15H26N2O2S. The molecule has 0 spiro atoms. The number of carbonyl (C=O) groups excluding carboxylic acids is 1. The molecular weight excluding hydrogens is 272 g/mol. The molecule has 2 unspecified atom stereocenters. The largest absolute Gasteiger partial charge is 0.394 e. The molecule has 0 aromatic rings. The number of aliphatic hydroxyl groups is 1. The van der Waals surface area contributed by atoms with Crippen LogP contribution in [0.15, 0.2) is 0 Å². The number of rotatable bonds is 3. The van der Waals surface area contributed by atoms with Crippen molar-refractivity contribution < 1.29 is 9.90 Å². The zero-order valence-corrected chi connectivity index (χ0v) is 13.1. The van der Waals surface area contributed by atoms with Gasteiger partial charge in [-0.3, -0.25) is 4.79 Å². The number of amides is 1. The number of likely N-dealkylation sites (tertiary alicyclic amines) is 1. The van der Waals surface area contributed by atoms with Gasteiger partial charge < -0.3 is 15.7 Å². The fourth-order valence-corrected chi connectivity index (χ4v) is 4.00. The molecule has 3 N–H and O–H groups in total. The summed E-state index contributed by atoms with van der Waals surface area (Å²) in [6.45, 7) is 2.84. The summed E-state index contributed by atoms with van der Waals surface area (Å²) in [6.07, 6.45) is 6.81. The Balaban J connectivity index is 2.25. The number of hydrogen-bond acceptors (Lipinski definition) is 3. The molecule has 114 valence electrons. The third kappa shape index (κ3) is 2.70. The van der Waals surface area contributed by atoms with Crippen LogP contribution >= 0.6 is 12.2 Å². The molecule has 4 nitrogen and oxygen atoms in total. The van der Waals surface area contributed by atoms with Crippen LogP contribution in [0, 0.1) is 11.3 Å². The summed E-state index contributed by atoms with van der Waals surface area (Å²) in [5.41, 5.74) is 5.32. The Hall–Kier alpha value is -0.680. The fraction of sp³-hybridized carbons (Fsp3) is 0.867. The lowest BCUT2D eigenvalue weighted by molar-refractivity contribution is -0.141. The van der Waals surface area contributed by atoms with Crippen LogP contribution in [-0.4, -0.2) is 40.1 Å². The Bertz CT molecular complexity index is 378. The van der Waals surface area contributed by atoms with Crippen molar-refractivity contribution in [3.63, 3.8) is 0 Å². The van der Waals surface area contributed by atoms with E-state index in [1.165, 1.54) is 0 Å². The molecule has 20 heavy (non-hydrogen) atoms. The Kier molecular flexibility index (Phi) is 5.02. The lowest BCUT2D eigenvalue weighted by Crippen LogP contribution is -2.53. The molecule has 1 aliphatic heterocycles. The van der Waals surface area contributed by atoms with Crippen molar-refractivity contribution in [2.75, 3.05) is 13.2 Å². The molecule has 1 saturated heterocycles. The first kappa shape index (κ1) is 15.7. The second-order valence-corrected chi connectivity index (χ2v) is 6.81. The number of carbonyl (C=O) groups is 1. The van der Waals surface area contributed by atoms with E-state index in [1.807, 2.05) is 4.90 Å². The highest BCUT2D eigenvalue weighted by Crippen LogP contribution is 2.39. The van der Waals surface area contributed by atoms with Gasteiger partial charge in [0.25, 0.3) is 0 Å². The molecule has 2 fully saturated rings. The highest BCUT2D eigenvalue weighted by molar-refractivity contribution is 7.80. The van der Waals surface area contributed by atoms with Gasteiger partial charge in [0.1, 0.15) is 0 Å². The molecule has 1 saturated carbocycles. The minimum atomic E-state index is -0.663. The number of aliphatic hydroxyl groups excluding tert-OH is 1. The second kappa shape index (κ2) is 6.39. The minimum Gasteiger partial charge on any atom is -0.394 e. The summed E-state index contributed by atoms with van der Waals surface area (Å²) in [4.78, 5) is 15.3. The van der Waals surface area contributed by atoms with Crippen molar-refractivity contribution in [2.24, 2.45) is 17.1 Å². The van der Waals surface area contributed by atoms with Gasteiger partial charge in [0, 0.05) is 6.54 Å². The lowest BCUT2D eigenvalue weighted by Gasteiger charge is -2.37. The van der Waals surface area contributed by atoms with E-state index < -0.39 is 5.41 Å². The predicted molar refractivity (Wildman–Crippen MR) is 83.3 cm³/mol. The predicted octanol–water partition coefficient (Wildman–Crippen LogP) is 1.84. The highest BCUT2D eigenvalue weighted by Gasteiger charge is 2.47. The van der Waals surface area contributed by atoms with Gasteiger partial charge in [-0.25, -0.2) is 0 Å². The summed E-state index contributed by atoms with van der Waals surface area (Å²) in [5, 5.41) is 9.57. The summed E-state index contributed by atoms with van der Waals surface area (Å²) in [6, 6.07) is -0.0722. The van der Waals surface area contributed by atoms with E-state index in [-0.39, 0.29) is 18.6 Å². The second-order valence-electron chi connectivity index (χ2n) is 6.37. The van der Waals surface area contributed by atoms with Crippen LogP contribution < -0.4 is 5.73 Å². The van der Waals surface area contributed by atoms with Gasteiger partial charge in [-0.05, 0) is 25.2 Å². The number of nitrogens with two attached hydrogens (primary N) is 1. The topological polar surface area (TPSA) is 66.6 Å². The van der Waals surface area contributed by atoms with E-state index >= 15 is 0 Å². The van der Waals surface area contributed by atoms with Crippen molar-refractivity contribution in [1.29, 1.82) is 0 Å². The molecule has 0 aromatic heterocycles. The zero-order valence-electron chi connectivity index (χ0n) is 12.3. The summed E-state index contributed by atoms with van der Waals surface area (Å²) in [7, 11) is 0. The first-order valence-corrected chi connectivity index (χ1v) is 8.15. The van der Waals surface area contributed by atoms with E-state index in [0.29, 0.717) is 10.9 Å². The van der Waals surface area contributed by atoms with Crippen molar-refractivity contribution >= 4 is 23.1 Å². The Labute approximate surface area is 126 Å². The molecule has 1 heterocycles. The number of nitrogens with zero attached hydrogens (tertiary/aromatic N) is 1. The molecule has 0 aromatic carbocycles. The smallest absolute Gasteiger partial charge is 0.235 e. The normalized spacial score (nSPS) is 30.0. The fourth-order valence-electron chi connectivity index (χ4n) is 3.71. The van der Waals surface area contributed by atoms with Gasteiger partial charge in [0.05, 0.1) is 23.1 Å².